The molecule has 0 unspecified atom stereocenters. The lowest BCUT2D eigenvalue weighted by atomic mass is 10.1. The van der Waals surface area contributed by atoms with Gasteiger partial charge in [-0.15, -0.1) is 0 Å². The first-order chi connectivity index (χ1) is 11.5. The van der Waals surface area contributed by atoms with Crippen molar-refractivity contribution in [2.45, 2.75) is 53.6 Å². The highest BCUT2D eigenvalue weighted by Gasteiger charge is 2.22. The average molecular weight is 345 g/mol. The minimum Gasteiger partial charge on any atom is -0.389 e. The Morgan fingerprint density at radius 2 is 1.76 bits per heavy atom. The molecule has 0 aliphatic heterocycles. The zero-order valence-electron chi connectivity index (χ0n) is 16.1. The van der Waals surface area contributed by atoms with Gasteiger partial charge < -0.3 is 10.0 Å². The smallest absolute Gasteiger partial charge is 0.251 e. The molecule has 0 radical (unpaired) electrons. The topological polar surface area (TPSA) is 84.1 Å². The van der Waals surface area contributed by atoms with Gasteiger partial charge in [0.15, 0.2) is 0 Å². The second-order valence-electron chi connectivity index (χ2n) is 7.25. The molecule has 0 aliphatic rings. The van der Waals surface area contributed by atoms with Crippen LogP contribution in [0.3, 0.4) is 0 Å². The fourth-order valence-corrected chi connectivity index (χ4v) is 2.88. The summed E-state index contributed by atoms with van der Waals surface area (Å²) in [7, 11) is 1.70. The molecule has 0 atom stereocenters. The molecule has 0 saturated carbocycles. The van der Waals surface area contributed by atoms with Crippen LogP contribution in [0.2, 0.25) is 0 Å². The predicted molar refractivity (Wildman–Crippen MR) is 95.7 cm³/mol. The summed E-state index contributed by atoms with van der Waals surface area (Å²) in [6, 6.07) is 1.91. The van der Waals surface area contributed by atoms with E-state index in [0.29, 0.717) is 5.95 Å². The van der Waals surface area contributed by atoms with Gasteiger partial charge in [-0.1, -0.05) is 0 Å². The minimum absolute atomic E-state index is 0.0609. The molecule has 7 heteroatoms. The fourth-order valence-electron chi connectivity index (χ4n) is 2.88. The van der Waals surface area contributed by atoms with Gasteiger partial charge in [-0.05, 0) is 47.6 Å². The van der Waals surface area contributed by atoms with Crippen molar-refractivity contribution in [3.05, 3.63) is 34.4 Å². The summed E-state index contributed by atoms with van der Waals surface area (Å²) >= 11 is 0. The van der Waals surface area contributed by atoms with Crippen LogP contribution in [0.25, 0.3) is 5.95 Å². The van der Waals surface area contributed by atoms with Crippen LogP contribution in [0, 0.1) is 27.7 Å². The Labute approximate surface area is 148 Å². The SMILES string of the molecule is Cc1cc(C)nc(-n2nc(C)c(CC(=O)N(C)CC(C)(C)O)c2C)n1. The zero-order chi connectivity index (χ0) is 18.9. The van der Waals surface area contributed by atoms with Gasteiger partial charge in [0, 0.05) is 36.2 Å². The van der Waals surface area contributed by atoms with Crippen LogP contribution in [0.15, 0.2) is 6.07 Å². The normalized spacial score (nSPS) is 11.7. The maximum atomic E-state index is 12.5. The third kappa shape index (κ3) is 4.63. The van der Waals surface area contributed by atoms with E-state index in [9.17, 15) is 9.90 Å². The molecule has 0 saturated heterocycles. The van der Waals surface area contributed by atoms with Crippen LogP contribution in [0.1, 0.15) is 42.2 Å². The number of hydrogen-bond acceptors (Lipinski definition) is 5. The van der Waals surface area contributed by atoms with E-state index in [0.717, 1.165) is 28.3 Å². The maximum absolute atomic E-state index is 12.5. The third-order valence-corrected chi connectivity index (χ3v) is 3.98. The second-order valence-corrected chi connectivity index (χ2v) is 7.25. The Morgan fingerprint density at radius 3 is 2.28 bits per heavy atom. The molecular formula is C18H27N5O2. The Balaban J connectivity index is 2.29. The standard InChI is InChI=1S/C18H27N5O2/c1-11-8-12(2)20-17(19-11)23-14(4)15(13(3)21-23)9-16(24)22(7)10-18(5,6)25/h8,25H,9-10H2,1-7H3. The number of carbonyl (C=O) groups excluding carboxylic acids is 1. The van der Waals surface area contributed by atoms with Crippen LogP contribution in [0.5, 0.6) is 0 Å². The van der Waals surface area contributed by atoms with Crippen molar-refractivity contribution in [1.82, 2.24) is 24.6 Å². The lowest BCUT2D eigenvalue weighted by Gasteiger charge is -2.25. The monoisotopic (exact) mass is 345 g/mol. The highest BCUT2D eigenvalue weighted by molar-refractivity contribution is 5.79. The van der Waals surface area contributed by atoms with E-state index in [2.05, 4.69) is 15.1 Å². The van der Waals surface area contributed by atoms with E-state index in [1.165, 1.54) is 0 Å². The average Bonchev–Trinajstić information content (AvgIpc) is 2.72. The van der Waals surface area contributed by atoms with Gasteiger partial charge in [-0.3, -0.25) is 4.79 Å². The highest BCUT2D eigenvalue weighted by Crippen LogP contribution is 2.18. The summed E-state index contributed by atoms with van der Waals surface area (Å²) in [5, 5.41) is 14.4. The van der Waals surface area contributed by atoms with E-state index in [-0.39, 0.29) is 18.9 Å². The van der Waals surface area contributed by atoms with Gasteiger partial charge >= 0.3 is 0 Å². The van der Waals surface area contributed by atoms with Crippen LogP contribution in [0.4, 0.5) is 0 Å². The van der Waals surface area contributed by atoms with Crippen molar-refractivity contribution in [3.63, 3.8) is 0 Å². The van der Waals surface area contributed by atoms with Gasteiger partial charge in [0.1, 0.15) is 0 Å². The maximum Gasteiger partial charge on any atom is 0.251 e. The quantitative estimate of drug-likeness (QED) is 0.891. The van der Waals surface area contributed by atoms with Crippen molar-refractivity contribution >= 4 is 5.91 Å². The Kier molecular flexibility index (Phi) is 5.27. The summed E-state index contributed by atoms with van der Waals surface area (Å²) in [5.41, 5.74) is 3.33. The van der Waals surface area contributed by atoms with E-state index in [1.807, 2.05) is 33.8 Å². The first kappa shape index (κ1) is 19.1. The Morgan fingerprint density at radius 1 is 1.20 bits per heavy atom. The van der Waals surface area contributed by atoms with Crippen LogP contribution in [-0.2, 0) is 11.2 Å². The number of aliphatic hydroxyl groups is 1. The number of likely N-dealkylation sites (N-methyl/N-ethyl adjacent to an activating group) is 1. The van der Waals surface area contributed by atoms with Crippen molar-refractivity contribution in [3.8, 4) is 5.95 Å². The molecule has 0 fully saturated rings. The van der Waals surface area contributed by atoms with Gasteiger partial charge in [0.25, 0.3) is 5.95 Å². The van der Waals surface area contributed by atoms with E-state index < -0.39 is 5.60 Å². The summed E-state index contributed by atoms with van der Waals surface area (Å²) in [6.45, 7) is 11.3. The summed E-state index contributed by atoms with van der Waals surface area (Å²) in [5.74, 6) is 0.455. The Hall–Kier alpha value is -2.28. The van der Waals surface area contributed by atoms with Crippen LogP contribution < -0.4 is 0 Å². The van der Waals surface area contributed by atoms with Crippen LogP contribution in [-0.4, -0.2) is 54.9 Å². The van der Waals surface area contributed by atoms with Gasteiger partial charge in [-0.25, -0.2) is 14.6 Å². The molecule has 25 heavy (non-hydrogen) atoms. The summed E-state index contributed by atoms with van der Waals surface area (Å²) in [6.07, 6.45) is 0.231. The molecule has 1 N–H and O–H groups in total. The van der Waals surface area contributed by atoms with E-state index in [4.69, 9.17) is 0 Å². The fraction of sp³-hybridized carbons (Fsp3) is 0.556. The number of carbonyl (C=O) groups is 1. The number of aryl methyl sites for hydroxylation is 3. The lowest BCUT2D eigenvalue weighted by Crippen LogP contribution is -2.40. The molecule has 2 rings (SSSR count). The van der Waals surface area contributed by atoms with E-state index >= 15 is 0 Å². The van der Waals surface area contributed by atoms with Crippen molar-refractivity contribution in [2.75, 3.05) is 13.6 Å². The van der Waals surface area contributed by atoms with Gasteiger partial charge in [-0.2, -0.15) is 5.10 Å². The number of amides is 1. The molecule has 1 amide bonds. The number of nitrogens with zero attached hydrogens (tertiary/aromatic N) is 5. The first-order valence-electron chi connectivity index (χ1n) is 8.32. The van der Waals surface area contributed by atoms with Crippen molar-refractivity contribution in [1.29, 1.82) is 0 Å². The molecule has 0 spiro atoms. The zero-order valence-corrected chi connectivity index (χ0v) is 16.1. The summed E-state index contributed by atoms with van der Waals surface area (Å²) < 4.78 is 1.69. The molecule has 7 nitrogen and oxygen atoms in total. The number of hydrogen-bond donors (Lipinski definition) is 1. The second kappa shape index (κ2) is 6.92. The third-order valence-electron chi connectivity index (χ3n) is 3.98. The number of rotatable bonds is 5. The molecule has 2 aromatic heterocycles. The molecule has 136 valence electrons. The number of aromatic nitrogens is 4. The van der Waals surface area contributed by atoms with Crippen molar-refractivity contribution in [2.24, 2.45) is 0 Å². The lowest BCUT2D eigenvalue weighted by molar-refractivity contribution is -0.131. The predicted octanol–water partition coefficient (Wildman–Crippen LogP) is 1.67. The molecule has 0 aliphatic carbocycles. The van der Waals surface area contributed by atoms with E-state index in [1.54, 1.807) is 30.5 Å². The first-order valence-corrected chi connectivity index (χ1v) is 8.32. The Bertz CT molecular complexity index is 769. The largest absolute Gasteiger partial charge is 0.389 e. The highest BCUT2D eigenvalue weighted by atomic mass is 16.3. The van der Waals surface area contributed by atoms with Crippen molar-refractivity contribution < 1.29 is 9.90 Å². The molecule has 0 aromatic carbocycles. The van der Waals surface area contributed by atoms with Gasteiger partial charge in [0.2, 0.25) is 5.91 Å². The summed E-state index contributed by atoms with van der Waals surface area (Å²) in [4.78, 5) is 22.9. The van der Waals surface area contributed by atoms with Gasteiger partial charge in [0.05, 0.1) is 17.7 Å². The van der Waals surface area contributed by atoms with Crippen LogP contribution >= 0.6 is 0 Å². The minimum atomic E-state index is -0.925. The molecular weight excluding hydrogens is 318 g/mol. The molecule has 2 heterocycles. The molecule has 2 aromatic rings. The molecule has 0 bridgehead atoms.